The number of aliphatic imine (C=N–C) groups is 1. The summed E-state index contributed by atoms with van der Waals surface area (Å²) in [6.07, 6.45) is 4.18. The van der Waals surface area contributed by atoms with Crippen molar-refractivity contribution in [3.05, 3.63) is 0 Å². The number of halogens is 1. The van der Waals surface area contributed by atoms with Gasteiger partial charge in [-0.2, -0.15) is 0 Å². The first kappa shape index (κ1) is 18.3. The Morgan fingerprint density at radius 3 is 2.86 bits per heavy atom. The van der Waals surface area contributed by atoms with Crippen molar-refractivity contribution in [1.29, 1.82) is 0 Å². The van der Waals surface area contributed by atoms with Crippen LogP contribution in [-0.2, 0) is 4.74 Å². The Morgan fingerprint density at radius 1 is 1.36 bits per heavy atom. The number of rotatable bonds is 2. The van der Waals surface area contributed by atoms with Crippen molar-refractivity contribution in [3.8, 4) is 0 Å². The lowest BCUT2D eigenvalue weighted by atomic mass is 9.93. The van der Waals surface area contributed by atoms with Crippen molar-refractivity contribution in [2.75, 3.05) is 46.4 Å². The van der Waals surface area contributed by atoms with Gasteiger partial charge in [-0.25, -0.2) is 0 Å². The summed E-state index contributed by atoms with van der Waals surface area (Å²) in [5, 5.41) is 3.52. The maximum absolute atomic E-state index is 6.01. The standard InChI is InChI=1S/C16H30N4O.HI/c1-16(2)6-8-20(12-16)15(17-3)18-9-14-10-19-7-4-5-13(19)11-21-14;/h13-14H,4-12H2,1-3H3,(H,17,18);1H. The van der Waals surface area contributed by atoms with Crippen LogP contribution in [0.15, 0.2) is 4.99 Å². The van der Waals surface area contributed by atoms with E-state index < -0.39 is 0 Å². The summed E-state index contributed by atoms with van der Waals surface area (Å²) in [6, 6.07) is 0.681. The third-order valence-corrected chi connectivity index (χ3v) is 5.14. The summed E-state index contributed by atoms with van der Waals surface area (Å²) < 4.78 is 6.01. The molecule has 3 heterocycles. The maximum Gasteiger partial charge on any atom is 0.193 e. The quantitative estimate of drug-likeness (QED) is 0.419. The van der Waals surface area contributed by atoms with Crippen LogP contribution in [0.2, 0.25) is 0 Å². The van der Waals surface area contributed by atoms with Gasteiger partial charge < -0.3 is 15.0 Å². The molecule has 3 aliphatic rings. The zero-order chi connectivity index (χ0) is 14.9. The third-order valence-electron chi connectivity index (χ3n) is 5.14. The monoisotopic (exact) mass is 422 g/mol. The van der Waals surface area contributed by atoms with Crippen molar-refractivity contribution in [1.82, 2.24) is 15.1 Å². The van der Waals surface area contributed by atoms with E-state index in [9.17, 15) is 0 Å². The van der Waals surface area contributed by atoms with E-state index in [0.717, 1.165) is 38.7 Å². The van der Waals surface area contributed by atoms with Gasteiger partial charge in [-0.05, 0) is 31.2 Å². The van der Waals surface area contributed by atoms with E-state index in [1.165, 1.54) is 25.8 Å². The number of fused-ring (bicyclic) bond motifs is 1. The van der Waals surface area contributed by atoms with Crippen molar-refractivity contribution in [3.63, 3.8) is 0 Å². The van der Waals surface area contributed by atoms with Crippen LogP contribution in [0.1, 0.15) is 33.1 Å². The smallest absolute Gasteiger partial charge is 0.193 e. The van der Waals surface area contributed by atoms with Gasteiger partial charge in [0.1, 0.15) is 0 Å². The molecule has 0 saturated carbocycles. The minimum absolute atomic E-state index is 0. The molecule has 0 aromatic rings. The molecule has 2 unspecified atom stereocenters. The van der Waals surface area contributed by atoms with Gasteiger partial charge in [0.2, 0.25) is 0 Å². The Kier molecular flexibility index (Phi) is 6.36. The van der Waals surface area contributed by atoms with E-state index >= 15 is 0 Å². The van der Waals surface area contributed by atoms with Crippen molar-refractivity contribution >= 4 is 29.9 Å². The molecule has 3 aliphatic heterocycles. The third kappa shape index (κ3) is 4.26. The molecule has 128 valence electrons. The minimum atomic E-state index is 0. The predicted molar refractivity (Wildman–Crippen MR) is 101 cm³/mol. The lowest BCUT2D eigenvalue weighted by molar-refractivity contribution is -0.0454. The Labute approximate surface area is 151 Å². The summed E-state index contributed by atoms with van der Waals surface area (Å²) in [5.41, 5.74) is 0.404. The highest BCUT2D eigenvalue weighted by Gasteiger charge is 2.33. The SMILES string of the molecule is CN=C(NCC1CN2CCCC2CO1)N1CCC(C)(C)C1.I. The van der Waals surface area contributed by atoms with Crippen LogP contribution < -0.4 is 5.32 Å². The molecule has 3 fully saturated rings. The normalized spacial score (nSPS) is 31.8. The average molecular weight is 422 g/mol. The Bertz CT molecular complexity index is 402. The molecule has 6 heteroatoms. The average Bonchev–Trinajstić information content (AvgIpc) is 3.05. The first-order valence-electron chi connectivity index (χ1n) is 8.39. The summed E-state index contributed by atoms with van der Waals surface area (Å²) in [5.74, 6) is 1.03. The highest BCUT2D eigenvalue weighted by Crippen LogP contribution is 2.28. The Balaban J connectivity index is 0.00000176. The van der Waals surface area contributed by atoms with E-state index in [-0.39, 0.29) is 24.0 Å². The largest absolute Gasteiger partial charge is 0.373 e. The fraction of sp³-hybridized carbons (Fsp3) is 0.938. The van der Waals surface area contributed by atoms with E-state index in [1.54, 1.807) is 0 Å². The molecule has 2 atom stereocenters. The minimum Gasteiger partial charge on any atom is -0.373 e. The zero-order valence-corrected chi connectivity index (χ0v) is 16.5. The van der Waals surface area contributed by atoms with Gasteiger partial charge in [0, 0.05) is 39.3 Å². The van der Waals surface area contributed by atoms with Crippen molar-refractivity contribution in [2.45, 2.75) is 45.3 Å². The van der Waals surface area contributed by atoms with Gasteiger partial charge in [-0.1, -0.05) is 13.8 Å². The lowest BCUT2D eigenvalue weighted by Crippen LogP contribution is -2.51. The first-order valence-corrected chi connectivity index (χ1v) is 8.39. The van der Waals surface area contributed by atoms with Gasteiger partial charge in [0.05, 0.1) is 12.7 Å². The zero-order valence-electron chi connectivity index (χ0n) is 14.2. The molecule has 0 aliphatic carbocycles. The summed E-state index contributed by atoms with van der Waals surface area (Å²) in [4.78, 5) is 9.42. The van der Waals surface area contributed by atoms with Crippen molar-refractivity contribution < 1.29 is 4.74 Å². The molecule has 0 spiro atoms. The van der Waals surface area contributed by atoms with E-state index in [4.69, 9.17) is 4.74 Å². The molecular formula is C16H31IN4O. The summed E-state index contributed by atoms with van der Waals surface area (Å²) >= 11 is 0. The molecule has 3 rings (SSSR count). The first-order chi connectivity index (χ1) is 10.1. The topological polar surface area (TPSA) is 40.1 Å². The van der Waals surface area contributed by atoms with Gasteiger partial charge in [-0.3, -0.25) is 9.89 Å². The number of guanidine groups is 1. The number of hydrogen-bond acceptors (Lipinski definition) is 3. The van der Waals surface area contributed by atoms with Gasteiger partial charge in [0.25, 0.3) is 0 Å². The molecular weight excluding hydrogens is 391 g/mol. The molecule has 0 aromatic carbocycles. The van der Waals surface area contributed by atoms with Gasteiger partial charge in [0.15, 0.2) is 5.96 Å². The maximum atomic E-state index is 6.01. The number of nitrogens with zero attached hydrogens (tertiary/aromatic N) is 3. The molecule has 3 saturated heterocycles. The summed E-state index contributed by atoms with van der Waals surface area (Å²) in [7, 11) is 1.88. The number of ether oxygens (including phenoxy) is 1. The number of likely N-dealkylation sites (tertiary alicyclic amines) is 1. The fourth-order valence-electron chi connectivity index (χ4n) is 3.84. The number of morpholine rings is 1. The highest BCUT2D eigenvalue weighted by atomic mass is 127. The molecule has 22 heavy (non-hydrogen) atoms. The fourth-order valence-corrected chi connectivity index (χ4v) is 3.84. The van der Waals surface area contributed by atoms with Crippen LogP contribution in [0, 0.1) is 5.41 Å². The van der Waals surface area contributed by atoms with Crippen molar-refractivity contribution in [2.24, 2.45) is 10.4 Å². The number of hydrogen-bond donors (Lipinski definition) is 1. The highest BCUT2D eigenvalue weighted by molar-refractivity contribution is 14.0. The van der Waals surface area contributed by atoms with Gasteiger partial charge >= 0.3 is 0 Å². The van der Waals surface area contributed by atoms with Crippen LogP contribution in [-0.4, -0.2) is 74.3 Å². The Hall–Kier alpha value is -0.0800. The summed E-state index contributed by atoms with van der Waals surface area (Å²) in [6.45, 7) is 10.9. The van der Waals surface area contributed by atoms with E-state index in [2.05, 4.69) is 34.0 Å². The Morgan fingerprint density at radius 2 is 2.18 bits per heavy atom. The molecule has 0 radical (unpaired) electrons. The van der Waals surface area contributed by atoms with Crippen LogP contribution >= 0.6 is 24.0 Å². The van der Waals surface area contributed by atoms with Crippen LogP contribution in [0.25, 0.3) is 0 Å². The van der Waals surface area contributed by atoms with E-state index in [0.29, 0.717) is 17.6 Å². The van der Waals surface area contributed by atoms with E-state index in [1.807, 2.05) is 7.05 Å². The molecule has 0 bridgehead atoms. The van der Waals surface area contributed by atoms with Crippen LogP contribution in [0.5, 0.6) is 0 Å². The molecule has 0 aromatic heterocycles. The second kappa shape index (κ2) is 7.66. The lowest BCUT2D eigenvalue weighted by Gasteiger charge is -2.35. The van der Waals surface area contributed by atoms with Crippen LogP contribution in [0.3, 0.4) is 0 Å². The molecule has 0 amide bonds. The van der Waals surface area contributed by atoms with Crippen LogP contribution in [0.4, 0.5) is 0 Å². The molecule has 5 nitrogen and oxygen atoms in total. The predicted octanol–water partition coefficient (Wildman–Crippen LogP) is 1.77. The second-order valence-corrected chi connectivity index (χ2v) is 7.51. The second-order valence-electron chi connectivity index (χ2n) is 7.51. The molecule has 1 N–H and O–H groups in total. The number of nitrogens with one attached hydrogen (secondary N) is 1. The van der Waals surface area contributed by atoms with Gasteiger partial charge in [-0.15, -0.1) is 24.0 Å².